The molecule has 3 rings (SSSR count). The number of morpholine rings is 1. The number of hydrogen-bond acceptors (Lipinski definition) is 3. The normalized spacial score (nSPS) is 16.0. The van der Waals surface area contributed by atoms with Crippen molar-refractivity contribution in [3.8, 4) is 0 Å². The Morgan fingerprint density at radius 2 is 1.83 bits per heavy atom. The molecule has 1 fully saturated rings. The molecule has 0 saturated carbocycles. The maximum Gasteiger partial charge on any atom is 0.245 e. The Morgan fingerprint density at radius 3 is 2.62 bits per heavy atom. The number of benzene rings is 2. The molecular weight excluding hydrogens is 304 g/mol. The van der Waals surface area contributed by atoms with Crippen molar-refractivity contribution in [3.05, 3.63) is 48.0 Å². The van der Waals surface area contributed by atoms with Gasteiger partial charge >= 0.3 is 0 Å². The molecule has 1 heterocycles. The van der Waals surface area contributed by atoms with Gasteiger partial charge in [-0.1, -0.05) is 42.5 Å². The first-order valence-corrected chi connectivity index (χ1v) is 8.27. The topological polar surface area (TPSA) is 58.6 Å². The SMILES string of the molecule is C[C@@H](NC(=O)Cc1cccc2ccccc12)C(=O)N1CCOCC1. The highest BCUT2D eigenvalue weighted by Crippen LogP contribution is 2.18. The lowest BCUT2D eigenvalue weighted by Crippen LogP contribution is -2.50. The van der Waals surface area contributed by atoms with Crippen LogP contribution in [0.15, 0.2) is 42.5 Å². The van der Waals surface area contributed by atoms with Crippen LogP contribution in [0.3, 0.4) is 0 Å². The number of rotatable bonds is 4. The summed E-state index contributed by atoms with van der Waals surface area (Å²) < 4.78 is 5.25. The van der Waals surface area contributed by atoms with E-state index < -0.39 is 6.04 Å². The smallest absolute Gasteiger partial charge is 0.245 e. The zero-order chi connectivity index (χ0) is 16.9. The largest absolute Gasteiger partial charge is 0.378 e. The van der Waals surface area contributed by atoms with Crippen molar-refractivity contribution in [1.29, 1.82) is 0 Å². The van der Waals surface area contributed by atoms with Crippen LogP contribution in [-0.2, 0) is 20.7 Å². The molecule has 2 amide bonds. The molecule has 0 unspecified atom stereocenters. The van der Waals surface area contributed by atoms with Crippen molar-refractivity contribution >= 4 is 22.6 Å². The molecule has 2 aromatic rings. The maximum atomic E-state index is 12.4. The molecule has 0 aliphatic carbocycles. The molecule has 1 atom stereocenters. The highest BCUT2D eigenvalue weighted by molar-refractivity contribution is 5.92. The Morgan fingerprint density at radius 1 is 1.12 bits per heavy atom. The summed E-state index contributed by atoms with van der Waals surface area (Å²) in [6.45, 7) is 4.02. The third kappa shape index (κ3) is 3.74. The summed E-state index contributed by atoms with van der Waals surface area (Å²) in [5.41, 5.74) is 0.969. The molecule has 126 valence electrons. The van der Waals surface area contributed by atoms with E-state index in [0.717, 1.165) is 16.3 Å². The number of amides is 2. The van der Waals surface area contributed by atoms with Gasteiger partial charge in [-0.3, -0.25) is 9.59 Å². The van der Waals surface area contributed by atoms with Crippen molar-refractivity contribution in [1.82, 2.24) is 10.2 Å². The van der Waals surface area contributed by atoms with Crippen molar-refractivity contribution < 1.29 is 14.3 Å². The highest BCUT2D eigenvalue weighted by atomic mass is 16.5. The molecular formula is C19H22N2O3. The van der Waals surface area contributed by atoms with E-state index in [1.54, 1.807) is 11.8 Å². The van der Waals surface area contributed by atoms with Gasteiger partial charge in [-0.25, -0.2) is 0 Å². The van der Waals surface area contributed by atoms with Crippen LogP contribution in [0.1, 0.15) is 12.5 Å². The third-order valence-electron chi connectivity index (χ3n) is 4.30. The van der Waals surface area contributed by atoms with Gasteiger partial charge < -0.3 is 15.0 Å². The molecule has 24 heavy (non-hydrogen) atoms. The molecule has 1 aliphatic rings. The Balaban J connectivity index is 1.63. The van der Waals surface area contributed by atoms with E-state index >= 15 is 0 Å². The fourth-order valence-electron chi connectivity index (χ4n) is 3.03. The minimum Gasteiger partial charge on any atom is -0.378 e. The Bertz CT molecular complexity index is 733. The Kier molecular flexibility index (Phi) is 5.11. The Hall–Kier alpha value is -2.40. The second-order valence-corrected chi connectivity index (χ2v) is 6.04. The van der Waals surface area contributed by atoms with Crippen LogP contribution in [0.4, 0.5) is 0 Å². The monoisotopic (exact) mass is 326 g/mol. The van der Waals surface area contributed by atoms with Crippen molar-refractivity contribution in [2.75, 3.05) is 26.3 Å². The molecule has 2 aromatic carbocycles. The summed E-state index contributed by atoms with van der Waals surface area (Å²) in [4.78, 5) is 26.4. The lowest BCUT2D eigenvalue weighted by molar-refractivity contribution is -0.139. The number of nitrogens with one attached hydrogen (secondary N) is 1. The van der Waals surface area contributed by atoms with Gasteiger partial charge in [0.1, 0.15) is 6.04 Å². The summed E-state index contributed by atoms with van der Waals surface area (Å²) >= 11 is 0. The van der Waals surface area contributed by atoms with Gasteiger partial charge in [0.2, 0.25) is 11.8 Å². The van der Waals surface area contributed by atoms with Crippen LogP contribution in [0.25, 0.3) is 10.8 Å². The van der Waals surface area contributed by atoms with Crippen LogP contribution in [0.5, 0.6) is 0 Å². The molecule has 0 bridgehead atoms. The summed E-state index contributed by atoms with van der Waals surface area (Å²) in [5, 5.41) is 5.00. The summed E-state index contributed by atoms with van der Waals surface area (Å²) in [6, 6.07) is 13.4. The van der Waals surface area contributed by atoms with E-state index in [9.17, 15) is 9.59 Å². The van der Waals surface area contributed by atoms with Crippen LogP contribution in [0, 0.1) is 0 Å². The fraction of sp³-hybridized carbons (Fsp3) is 0.368. The van der Waals surface area contributed by atoms with Gasteiger partial charge in [-0.05, 0) is 23.3 Å². The number of ether oxygens (including phenoxy) is 1. The summed E-state index contributed by atoms with van der Waals surface area (Å²) in [6.07, 6.45) is 0.266. The second-order valence-electron chi connectivity index (χ2n) is 6.04. The number of carbonyl (C=O) groups excluding carboxylic acids is 2. The molecule has 0 aromatic heterocycles. The first-order chi connectivity index (χ1) is 11.6. The first kappa shape index (κ1) is 16.5. The third-order valence-corrected chi connectivity index (χ3v) is 4.30. The van der Waals surface area contributed by atoms with Crippen LogP contribution >= 0.6 is 0 Å². The zero-order valence-electron chi connectivity index (χ0n) is 13.8. The first-order valence-electron chi connectivity index (χ1n) is 8.27. The molecule has 0 spiro atoms. The van der Waals surface area contributed by atoms with Gasteiger partial charge in [0.05, 0.1) is 19.6 Å². The van der Waals surface area contributed by atoms with E-state index in [-0.39, 0.29) is 18.2 Å². The molecule has 0 radical (unpaired) electrons. The predicted molar refractivity (Wildman–Crippen MR) is 92.7 cm³/mol. The lowest BCUT2D eigenvalue weighted by Gasteiger charge is -2.29. The van der Waals surface area contributed by atoms with Crippen molar-refractivity contribution in [3.63, 3.8) is 0 Å². The second kappa shape index (κ2) is 7.45. The summed E-state index contributed by atoms with van der Waals surface area (Å²) in [7, 11) is 0. The fourth-order valence-corrected chi connectivity index (χ4v) is 3.03. The van der Waals surface area contributed by atoms with E-state index in [4.69, 9.17) is 4.74 Å². The average molecular weight is 326 g/mol. The van der Waals surface area contributed by atoms with Crippen molar-refractivity contribution in [2.24, 2.45) is 0 Å². The molecule has 5 heteroatoms. The lowest BCUT2D eigenvalue weighted by atomic mass is 10.0. The zero-order valence-corrected chi connectivity index (χ0v) is 13.8. The Labute approximate surface area is 141 Å². The summed E-state index contributed by atoms with van der Waals surface area (Å²) in [5.74, 6) is -0.190. The molecule has 5 nitrogen and oxygen atoms in total. The predicted octanol–water partition coefficient (Wildman–Crippen LogP) is 1.75. The maximum absolute atomic E-state index is 12.4. The van der Waals surface area contributed by atoms with Crippen molar-refractivity contribution in [2.45, 2.75) is 19.4 Å². The highest BCUT2D eigenvalue weighted by Gasteiger charge is 2.23. The number of fused-ring (bicyclic) bond motifs is 1. The number of hydrogen-bond donors (Lipinski definition) is 1. The quantitative estimate of drug-likeness (QED) is 0.931. The molecule has 1 N–H and O–H groups in total. The molecule has 1 aliphatic heterocycles. The average Bonchev–Trinajstić information content (AvgIpc) is 2.62. The standard InChI is InChI=1S/C19H22N2O3/c1-14(19(23)21-9-11-24-12-10-21)20-18(22)13-16-7-4-6-15-5-2-3-8-17(15)16/h2-8,14H,9-13H2,1H3,(H,20,22)/t14-/m1/s1. The van der Waals surface area contributed by atoms with Crippen LogP contribution < -0.4 is 5.32 Å². The van der Waals surface area contributed by atoms with E-state index in [1.807, 2.05) is 42.5 Å². The van der Waals surface area contributed by atoms with Gasteiger partial charge in [0.25, 0.3) is 0 Å². The van der Waals surface area contributed by atoms with E-state index in [2.05, 4.69) is 5.32 Å². The minimum atomic E-state index is -0.523. The van der Waals surface area contributed by atoms with Gasteiger partial charge in [-0.15, -0.1) is 0 Å². The minimum absolute atomic E-state index is 0.0513. The molecule has 1 saturated heterocycles. The van der Waals surface area contributed by atoms with Crippen LogP contribution in [-0.4, -0.2) is 49.1 Å². The van der Waals surface area contributed by atoms with Gasteiger partial charge in [0, 0.05) is 13.1 Å². The number of carbonyl (C=O) groups is 2. The van der Waals surface area contributed by atoms with Gasteiger partial charge in [-0.2, -0.15) is 0 Å². The van der Waals surface area contributed by atoms with Gasteiger partial charge in [0.15, 0.2) is 0 Å². The van der Waals surface area contributed by atoms with E-state index in [1.165, 1.54) is 0 Å². The van der Waals surface area contributed by atoms with Crippen LogP contribution in [0.2, 0.25) is 0 Å². The van der Waals surface area contributed by atoms with E-state index in [0.29, 0.717) is 26.3 Å². The number of nitrogens with zero attached hydrogens (tertiary/aromatic N) is 1.